The van der Waals surface area contributed by atoms with E-state index < -0.39 is 11.7 Å². The highest BCUT2D eigenvalue weighted by Crippen LogP contribution is 2.19. The van der Waals surface area contributed by atoms with E-state index in [4.69, 9.17) is 0 Å². The highest BCUT2D eigenvalue weighted by Gasteiger charge is 2.18. The van der Waals surface area contributed by atoms with Crippen LogP contribution >= 0.6 is 0 Å². The van der Waals surface area contributed by atoms with E-state index in [9.17, 15) is 14.0 Å². The van der Waals surface area contributed by atoms with E-state index in [2.05, 4.69) is 10.3 Å². The monoisotopic (exact) mass is 364 g/mol. The minimum Gasteiger partial charge on any atom is -0.324 e. The van der Waals surface area contributed by atoms with Crippen LogP contribution in [0.25, 0.3) is 16.7 Å². The van der Waals surface area contributed by atoms with Crippen molar-refractivity contribution in [2.24, 2.45) is 7.05 Å². The van der Waals surface area contributed by atoms with Gasteiger partial charge in [0.05, 0.1) is 5.39 Å². The van der Waals surface area contributed by atoms with Crippen molar-refractivity contribution in [2.45, 2.75) is 13.8 Å². The largest absolute Gasteiger partial charge is 0.324 e. The second-order valence-electron chi connectivity index (χ2n) is 6.55. The number of aromatic nitrogens is 3. The lowest BCUT2D eigenvalue weighted by atomic mass is 10.2. The maximum absolute atomic E-state index is 13.7. The Balaban J connectivity index is 1.83. The fourth-order valence-electron chi connectivity index (χ4n) is 3.11. The van der Waals surface area contributed by atoms with Crippen LogP contribution in [0.1, 0.15) is 21.6 Å². The van der Waals surface area contributed by atoms with Gasteiger partial charge in [-0.2, -0.15) is 0 Å². The average molecular weight is 364 g/mol. The first-order valence-corrected chi connectivity index (χ1v) is 8.42. The number of nitrogens with one attached hydrogen (secondary N) is 1. The molecule has 0 unspecified atom stereocenters. The highest BCUT2D eigenvalue weighted by atomic mass is 19.1. The topological polar surface area (TPSA) is 68.4 Å². The smallest absolute Gasteiger partial charge is 0.272 e. The summed E-state index contributed by atoms with van der Waals surface area (Å²) >= 11 is 0. The third-order valence-electron chi connectivity index (χ3n) is 4.69. The van der Waals surface area contributed by atoms with Gasteiger partial charge in [-0.3, -0.25) is 14.0 Å². The Labute approximate surface area is 153 Å². The Kier molecular flexibility index (Phi) is 3.80. The Morgan fingerprint density at radius 1 is 1.11 bits per heavy atom. The van der Waals surface area contributed by atoms with E-state index in [1.54, 1.807) is 42.9 Å². The molecule has 1 N–H and O–H groups in total. The van der Waals surface area contributed by atoms with E-state index in [-0.39, 0.29) is 11.3 Å². The van der Waals surface area contributed by atoms with Crippen LogP contribution in [0.4, 0.5) is 10.1 Å². The number of benzene rings is 1. The number of pyridine rings is 1. The first-order chi connectivity index (χ1) is 12.9. The van der Waals surface area contributed by atoms with Gasteiger partial charge in [0.1, 0.15) is 22.8 Å². The molecule has 1 amide bonds. The molecule has 0 atom stereocenters. The summed E-state index contributed by atoms with van der Waals surface area (Å²) < 4.78 is 16.8. The molecule has 3 heterocycles. The summed E-state index contributed by atoms with van der Waals surface area (Å²) in [6, 6.07) is 9.65. The van der Waals surface area contributed by atoms with Gasteiger partial charge in [-0.1, -0.05) is 12.1 Å². The zero-order valence-electron chi connectivity index (χ0n) is 15.1. The molecular weight excluding hydrogens is 347 g/mol. The number of carbonyl (C=O) groups is 1. The van der Waals surface area contributed by atoms with Crippen molar-refractivity contribution < 1.29 is 9.18 Å². The van der Waals surface area contributed by atoms with Gasteiger partial charge >= 0.3 is 0 Å². The molecule has 0 fully saturated rings. The van der Waals surface area contributed by atoms with Crippen molar-refractivity contribution in [1.29, 1.82) is 0 Å². The van der Waals surface area contributed by atoms with E-state index in [0.29, 0.717) is 27.9 Å². The number of carbonyl (C=O) groups excluding carboxylic acids is 1. The van der Waals surface area contributed by atoms with E-state index >= 15 is 0 Å². The Morgan fingerprint density at radius 2 is 1.89 bits per heavy atom. The molecule has 0 spiro atoms. The number of nitrogens with zero attached hydrogens (tertiary/aromatic N) is 3. The summed E-state index contributed by atoms with van der Waals surface area (Å²) in [6.45, 7) is 3.52. The maximum Gasteiger partial charge on any atom is 0.272 e. The molecule has 0 aliphatic carbocycles. The van der Waals surface area contributed by atoms with E-state index in [0.717, 1.165) is 5.56 Å². The second-order valence-corrected chi connectivity index (χ2v) is 6.55. The molecule has 0 radical (unpaired) electrons. The van der Waals surface area contributed by atoms with Crippen LogP contribution in [0.15, 0.2) is 47.4 Å². The summed E-state index contributed by atoms with van der Waals surface area (Å²) in [7, 11) is 1.67. The molecule has 3 aromatic heterocycles. The number of rotatable bonds is 2. The Hall–Kier alpha value is -3.48. The SMILES string of the molecule is Cc1ccc(NC(=O)c2cc3c(=O)n4cccc(C)c4nc3n2C)cc1F. The van der Waals surface area contributed by atoms with Crippen LogP contribution in [-0.4, -0.2) is 19.9 Å². The third-order valence-corrected chi connectivity index (χ3v) is 4.69. The molecule has 27 heavy (non-hydrogen) atoms. The molecule has 4 aromatic rings. The van der Waals surface area contributed by atoms with Crippen LogP contribution in [0.2, 0.25) is 0 Å². The van der Waals surface area contributed by atoms with Gasteiger partial charge in [0.15, 0.2) is 0 Å². The number of aryl methyl sites for hydroxylation is 3. The number of anilines is 1. The molecule has 0 saturated carbocycles. The van der Waals surface area contributed by atoms with Crippen molar-refractivity contribution in [1.82, 2.24) is 14.0 Å². The van der Waals surface area contributed by atoms with Crippen molar-refractivity contribution in [3.05, 3.63) is 75.6 Å². The van der Waals surface area contributed by atoms with Crippen molar-refractivity contribution in [3.8, 4) is 0 Å². The molecule has 7 heteroatoms. The lowest BCUT2D eigenvalue weighted by Crippen LogP contribution is -2.16. The number of hydrogen-bond acceptors (Lipinski definition) is 3. The molecule has 0 aliphatic rings. The van der Waals surface area contributed by atoms with Gasteiger partial charge in [0, 0.05) is 18.9 Å². The molecule has 6 nitrogen and oxygen atoms in total. The number of halogens is 1. The molecule has 136 valence electrons. The predicted octanol–water partition coefficient (Wildman–Crippen LogP) is 3.19. The summed E-state index contributed by atoms with van der Waals surface area (Å²) in [5.74, 6) is -0.838. The lowest BCUT2D eigenvalue weighted by molar-refractivity contribution is 0.101. The van der Waals surface area contributed by atoms with E-state index in [1.807, 2.05) is 13.0 Å². The molecule has 0 aliphatic heterocycles. The molecule has 0 saturated heterocycles. The molecule has 4 rings (SSSR count). The highest BCUT2D eigenvalue weighted by molar-refractivity contribution is 6.06. The minimum absolute atomic E-state index is 0.241. The Bertz CT molecular complexity index is 1290. The standard InChI is InChI=1S/C20H17FN4O2/c1-11-6-7-13(9-15(11)21)22-19(26)16-10-14-18(24(16)3)23-17-12(2)5-4-8-25(17)20(14)27/h4-10H,1-3H3,(H,22,26). The Morgan fingerprint density at radius 3 is 2.63 bits per heavy atom. The zero-order chi connectivity index (χ0) is 19.3. The fourth-order valence-corrected chi connectivity index (χ4v) is 3.11. The summed E-state index contributed by atoms with van der Waals surface area (Å²) in [5.41, 5.74) is 2.70. The molecule has 0 bridgehead atoms. The quantitative estimate of drug-likeness (QED) is 0.594. The van der Waals surface area contributed by atoms with Gasteiger partial charge in [-0.05, 0) is 49.2 Å². The predicted molar refractivity (Wildman–Crippen MR) is 102 cm³/mol. The number of hydrogen-bond donors (Lipinski definition) is 1. The number of amides is 1. The zero-order valence-corrected chi connectivity index (χ0v) is 15.1. The van der Waals surface area contributed by atoms with Gasteiger partial charge in [0.25, 0.3) is 11.5 Å². The van der Waals surface area contributed by atoms with Gasteiger partial charge in [0.2, 0.25) is 0 Å². The van der Waals surface area contributed by atoms with Crippen molar-refractivity contribution in [2.75, 3.05) is 5.32 Å². The average Bonchev–Trinajstić information content (AvgIpc) is 2.97. The van der Waals surface area contributed by atoms with Crippen LogP contribution in [0, 0.1) is 19.7 Å². The summed E-state index contributed by atoms with van der Waals surface area (Å²) in [5, 5.41) is 3.01. The third kappa shape index (κ3) is 2.68. The van der Waals surface area contributed by atoms with Crippen molar-refractivity contribution >= 4 is 28.3 Å². The van der Waals surface area contributed by atoms with E-state index in [1.165, 1.54) is 16.5 Å². The van der Waals surface area contributed by atoms with Gasteiger partial charge < -0.3 is 9.88 Å². The van der Waals surface area contributed by atoms with Gasteiger partial charge in [-0.15, -0.1) is 0 Å². The first kappa shape index (κ1) is 17.0. The van der Waals surface area contributed by atoms with Crippen LogP contribution in [0.5, 0.6) is 0 Å². The fraction of sp³-hybridized carbons (Fsp3) is 0.150. The molecule has 1 aromatic carbocycles. The molecular formula is C20H17FN4O2. The van der Waals surface area contributed by atoms with Crippen molar-refractivity contribution in [3.63, 3.8) is 0 Å². The minimum atomic E-state index is -0.441. The van der Waals surface area contributed by atoms with Crippen LogP contribution in [-0.2, 0) is 7.05 Å². The normalized spacial score (nSPS) is 11.3. The van der Waals surface area contributed by atoms with Crippen LogP contribution < -0.4 is 10.9 Å². The first-order valence-electron chi connectivity index (χ1n) is 8.42. The van der Waals surface area contributed by atoms with Crippen LogP contribution in [0.3, 0.4) is 0 Å². The maximum atomic E-state index is 13.7. The summed E-state index contributed by atoms with van der Waals surface area (Å²) in [4.78, 5) is 30.0. The summed E-state index contributed by atoms with van der Waals surface area (Å²) in [6.07, 6.45) is 1.65. The number of fused-ring (bicyclic) bond motifs is 2. The second kappa shape index (κ2) is 6.05. The lowest BCUT2D eigenvalue weighted by Gasteiger charge is -2.07. The van der Waals surface area contributed by atoms with Gasteiger partial charge in [-0.25, -0.2) is 9.37 Å².